The van der Waals surface area contributed by atoms with Crippen LogP contribution in [0.25, 0.3) is 0 Å². The third-order valence-electron chi connectivity index (χ3n) is 2.92. The number of hydrogen-bond acceptors (Lipinski definition) is 2. The van der Waals surface area contributed by atoms with Crippen LogP contribution in [0.3, 0.4) is 0 Å². The van der Waals surface area contributed by atoms with Crippen molar-refractivity contribution in [3.05, 3.63) is 64.4 Å². The van der Waals surface area contributed by atoms with Gasteiger partial charge in [-0.15, -0.1) is 0 Å². The highest BCUT2D eigenvalue weighted by atomic mass is 35.5. The molecule has 0 N–H and O–H groups in total. The molecule has 0 unspecified atom stereocenters. The van der Waals surface area contributed by atoms with E-state index in [1.807, 2.05) is 30.3 Å². The lowest BCUT2D eigenvalue weighted by atomic mass is 10.0. The third-order valence-corrected chi connectivity index (χ3v) is 3.21. The van der Waals surface area contributed by atoms with Crippen molar-refractivity contribution in [2.24, 2.45) is 0 Å². The molecule has 0 saturated heterocycles. The Morgan fingerprint density at radius 3 is 2.33 bits per heavy atom. The molecule has 0 atom stereocenters. The Morgan fingerprint density at radius 1 is 1.10 bits per heavy atom. The fraction of sp³-hybridized carbons (Fsp3) is 0.200. The molecule has 0 fully saturated rings. The van der Waals surface area contributed by atoms with E-state index in [-0.39, 0.29) is 17.8 Å². The van der Waals surface area contributed by atoms with Crippen LogP contribution >= 0.6 is 11.6 Å². The first-order valence-electron chi connectivity index (χ1n) is 6.19. The van der Waals surface area contributed by atoms with Gasteiger partial charge in [-0.1, -0.05) is 41.9 Å². The molecule has 2 aromatic rings. The first kappa shape index (κ1) is 15.5. The molecule has 1 aromatic carbocycles. The number of halogens is 4. The molecule has 1 aromatic heterocycles. The van der Waals surface area contributed by atoms with Crippen LogP contribution in [0, 0.1) is 0 Å². The van der Waals surface area contributed by atoms with Gasteiger partial charge < -0.3 is 0 Å². The number of aryl methyl sites for hydroxylation is 1. The van der Waals surface area contributed by atoms with Gasteiger partial charge in [-0.3, -0.25) is 4.79 Å². The number of alkyl halides is 3. The van der Waals surface area contributed by atoms with E-state index >= 15 is 0 Å². The van der Waals surface area contributed by atoms with Crippen LogP contribution < -0.4 is 0 Å². The molecule has 0 aliphatic rings. The van der Waals surface area contributed by atoms with Crippen molar-refractivity contribution in [3.63, 3.8) is 0 Å². The summed E-state index contributed by atoms with van der Waals surface area (Å²) >= 11 is 5.68. The van der Waals surface area contributed by atoms with Crippen molar-refractivity contribution >= 4 is 17.4 Å². The van der Waals surface area contributed by atoms with Gasteiger partial charge in [0.1, 0.15) is 10.8 Å². The number of carbonyl (C=O) groups excluding carboxylic acids is 1. The molecule has 0 radical (unpaired) electrons. The quantitative estimate of drug-likeness (QED) is 0.611. The van der Waals surface area contributed by atoms with E-state index < -0.39 is 17.0 Å². The molecule has 2 rings (SSSR count). The van der Waals surface area contributed by atoms with E-state index in [0.717, 1.165) is 17.7 Å². The monoisotopic (exact) mass is 313 g/mol. The summed E-state index contributed by atoms with van der Waals surface area (Å²) in [6, 6.07) is 11.2. The number of Topliss-reactive ketones (excluding diaryl/α,β-unsaturated/α-hetero) is 1. The summed E-state index contributed by atoms with van der Waals surface area (Å²) in [5.74, 6) is -0.329. The minimum absolute atomic E-state index is 0.0144. The van der Waals surface area contributed by atoms with E-state index in [1.165, 1.54) is 0 Å². The molecule has 110 valence electrons. The van der Waals surface area contributed by atoms with Crippen molar-refractivity contribution < 1.29 is 18.0 Å². The highest BCUT2D eigenvalue weighted by Crippen LogP contribution is 2.29. The van der Waals surface area contributed by atoms with Crippen LogP contribution in [0.15, 0.2) is 42.5 Å². The molecular formula is C15H11ClF3NO. The SMILES string of the molecule is O=C(CCc1ccccc1)c1ccc(C(F)(F)F)nc1Cl. The Balaban J connectivity index is 2.09. The van der Waals surface area contributed by atoms with Crippen LogP contribution in [0.5, 0.6) is 0 Å². The molecule has 21 heavy (non-hydrogen) atoms. The topological polar surface area (TPSA) is 30.0 Å². The zero-order valence-electron chi connectivity index (χ0n) is 10.8. The number of aromatic nitrogens is 1. The zero-order valence-corrected chi connectivity index (χ0v) is 11.6. The van der Waals surface area contributed by atoms with Crippen LogP contribution in [0.2, 0.25) is 5.15 Å². The first-order chi connectivity index (χ1) is 9.88. The van der Waals surface area contributed by atoms with Crippen molar-refractivity contribution in [1.82, 2.24) is 4.98 Å². The van der Waals surface area contributed by atoms with Crippen LogP contribution in [0.4, 0.5) is 13.2 Å². The maximum Gasteiger partial charge on any atom is 0.433 e. The van der Waals surface area contributed by atoms with E-state index in [0.29, 0.717) is 6.42 Å². The summed E-state index contributed by atoms with van der Waals surface area (Å²) in [5.41, 5.74) is -0.116. The summed E-state index contributed by atoms with van der Waals surface area (Å²) < 4.78 is 37.4. The van der Waals surface area contributed by atoms with Gasteiger partial charge >= 0.3 is 6.18 Å². The van der Waals surface area contributed by atoms with E-state index in [4.69, 9.17) is 11.6 Å². The summed E-state index contributed by atoms with van der Waals surface area (Å²) in [5, 5.41) is -0.414. The van der Waals surface area contributed by atoms with Gasteiger partial charge in [0.25, 0.3) is 0 Å². The van der Waals surface area contributed by atoms with Crippen LogP contribution in [-0.4, -0.2) is 10.8 Å². The summed E-state index contributed by atoms with van der Waals surface area (Å²) in [4.78, 5) is 15.2. The van der Waals surface area contributed by atoms with E-state index in [2.05, 4.69) is 4.98 Å². The van der Waals surface area contributed by atoms with Gasteiger partial charge in [0.15, 0.2) is 5.78 Å². The normalized spacial score (nSPS) is 11.4. The second-order valence-electron chi connectivity index (χ2n) is 4.44. The number of pyridine rings is 1. The average molecular weight is 314 g/mol. The number of benzene rings is 1. The molecule has 0 saturated carbocycles. The first-order valence-corrected chi connectivity index (χ1v) is 6.56. The number of rotatable bonds is 4. The van der Waals surface area contributed by atoms with E-state index in [1.54, 1.807) is 0 Å². The molecule has 0 aliphatic carbocycles. The van der Waals surface area contributed by atoms with Gasteiger partial charge in [0.2, 0.25) is 0 Å². The van der Waals surface area contributed by atoms with Gasteiger partial charge in [0, 0.05) is 6.42 Å². The molecule has 2 nitrogen and oxygen atoms in total. The maximum atomic E-state index is 12.5. The highest BCUT2D eigenvalue weighted by Gasteiger charge is 2.33. The lowest BCUT2D eigenvalue weighted by Gasteiger charge is -2.08. The molecule has 0 spiro atoms. The summed E-state index contributed by atoms with van der Waals surface area (Å²) in [7, 11) is 0. The summed E-state index contributed by atoms with van der Waals surface area (Å²) in [6.07, 6.45) is -3.91. The van der Waals surface area contributed by atoms with Crippen LogP contribution in [-0.2, 0) is 12.6 Å². The smallest absolute Gasteiger partial charge is 0.294 e. The van der Waals surface area contributed by atoms with Crippen molar-refractivity contribution in [2.75, 3.05) is 0 Å². The summed E-state index contributed by atoms with van der Waals surface area (Å²) in [6.45, 7) is 0. The Bertz CT molecular complexity index is 641. The molecular weight excluding hydrogens is 303 g/mol. The number of ketones is 1. The number of nitrogens with zero attached hydrogens (tertiary/aromatic N) is 1. The van der Waals surface area contributed by atoms with Crippen molar-refractivity contribution in [3.8, 4) is 0 Å². The molecule has 6 heteroatoms. The Kier molecular flexibility index (Phi) is 4.63. The fourth-order valence-corrected chi connectivity index (χ4v) is 2.10. The standard InChI is InChI=1S/C15H11ClF3NO/c16-14-11(7-9-13(20-14)15(17,18)19)12(21)8-6-10-4-2-1-3-5-10/h1-5,7,9H,6,8H2. The van der Waals surface area contributed by atoms with Gasteiger partial charge in [-0.2, -0.15) is 13.2 Å². The number of hydrogen-bond donors (Lipinski definition) is 0. The largest absolute Gasteiger partial charge is 0.433 e. The minimum Gasteiger partial charge on any atom is -0.294 e. The average Bonchev–Trinajstić information content (AvgIpc) is 2.45. The fourth-order valence-electron chi connectivity index (χ4n) is 1.84. The van der Waals surface area contributed by atoms with Gasteiger partial charge in [-0.05, 0) is 24.1 Å². The highest BCUT2D eigenvalue weighted by molar-refractivity contribution is 6.32. The Morgan fingerprint density at radius 2 is 1.76 bits per heavy atom. The van der Waals surface area contributed by atoms with Crippen molar-refractivity contribution in [1.29, 1.82) is 0 Å². The predicted octanol–water partition coefficient (Wildman–Crippen LogP) is 4.57. The number of carbonyl (C=O) groups is 1. The lowest BCUT2D eigenvalue weighted by molar-refractivity contribution is -0.141. The third kappa shape index (κ3) is 4.04. The maximum absolute atomic E-state index is 12.5. The predicted molar refractivity (Wildman–Crippen MR) is 73.3 cm³/mol. The second kappa shape index (κ2) is 6.26. The lowest BCUT2D eigenvalue weighted by Crippen LogP contribution is -2.10. The zero-order chi connectivity index (χ0) is 15.5. The second-order valence-corrected chi connectivity index (χ2v) is 4.80. The van der Waals surface area contributed by atoms with Gasteiger partial charge in [-0.25, -0.2) is 4.98 Å². The molecule has 1 heterocycles. The molecule has 0 aliphatic heterocycles. The molecule has 0 bridgehead atoms. The van der Waals surface area contributed by atoms with Crippen molar-refractivity contribution in [2.45, 2.75) is 19.0 Å². The van der Waals surface area contributed by atoms with E-state index in [9.17, 15) is 18.0 Å². The van der Waals surface area contributed by atoms with Crippen LogP contribution in [0.1, 0.15) is 28.0 Å². The van der Waals surface area contributed by atoms with Gasteiger partial charge in [0.05, 0.1) is 5.56 Å². The Hall–Kier alpha value is -1.88. The molecule has 0 amide bonds. The minimum atomic E-state index is -4.57. The Labute approximate surface area is 124 Å².